The molecule has 0 saturated heterocycles. The van der Waals surface area contributed by atoms with E-state index >= 15 is 0 Å². The molecular formula is C18H25N3. The van der Waals surface area contributed by atoms with Gasteiger partial charge in [-0.2, -0.15) is 0 Å². The third kappa shape index (κ3) is 4.13. The topological polar surface area (TPSA) is 28.2 Å². The summed E-state index contributed by atoms with van der Waals surface area (Å²) in [5, 5.41) is 3.45. The van der Waals surface area contributed by atoms with E-state index in [2.05, 4.69) is 66.4 Å². The first kappa shape index (κ1) is 15.7. The second kappa shape index (κ2) is 7.34. The third-order valence-electron chi connectivity index (χ3n) is 4.08. The molecule has 2 aromatic rings. The number of likely N-dealkylation sites (N-methyl/N-ethyl adjacent to an activating group) is 2. The van der Waals surface area contributed by atoms with Crippen LogP contribution in [0.25, 0.3) is 0 Å². The third-order valence-corrected chi connectivity index (χ3v) is 4.08. The molecule has 2 rings (SSSR count). The lowest BCUT2D eigenvalue weighted by Gasteiger charge is -2.32. The van der Waals surface area contributed by atoms with Gasteiger partial charge in [-0.25, -0.2) is 0 Å². The van der Waals surface area contributed by atoms with Crippen molar-refractivity contribution < 1.29 is 0 Å². The van der Waals surface area contributed by atoms with Crippen molar-refractivity contribution in [1.82, 2.24) is 15.2 Å². The number of hydrogen-bond acceptors (Lipinski definition) is 3. The Balaban J connectivity index is 2.08. The Bertz CT molecular complexity index is 536. The number of aromatic nitrogens is 1. The fourth-order valence-electron chi connectivity index (χ4n) is 2.64. The number of rotatable bonds is 6. The van der Waals surface area contributed by atoms with E-state index in [0.29, 0.717) is 12.1 Å². The second-order valence-corrected chi connectivity index (χ2v) is 5.69. The van der Waals surface area contributed by atoms with E-state index in [-0.39, 0.29) is 0 Å². The summed E-state index contributed by atoms with van der Waals surface area (Å²) in [6.45, 7) is 5.28. The zero-order valence-corrected chi connectivity index (χ0v) is 13.4. The Kier molecular flexibility index (Phi) is 5.48. The first-order chi connectivity index (χ1) is 10.1. The van der Waals surface area contributed by atoms with Gasteiger partial charge in [0.15, 0.2) is 0 Å². The van der Waals surface area contributed by atoms with E-state index in [1.165, 1.54) is 16.7 Å². The number of aryl methyl sites for hydroxylation is 1. The van der Waals surface area contributed by atoms with Gasteiger partial charge in [0.1, 0.15) is 0 Å². The van der Waals surface area contributed by atoms with Crippen LogP contribution in [-0.4, -0.2) is 30.0 Å². The molecule has 1 aromatic carbocycles. The highest BCUT2D eigenvalue weighted by Crippen LogP contribution is 2.21. The number of nitrogens with one attached hydrogen (secondary N) is 1. The molecule has 1 aromatic heterocycles. The Hall–Kier alpha value is -1.71. The molecule has 112 valence electrons. The van der Waals surface area contributed by atoms with Gasteiger partial charge < -0.3 is 5.32 Å². The van der Waals surface area contributed by atoms with E-state index < -0.39 is 0 Å². The molecule has 21 heavy (non-hydrogen) atoms. The molecule has 0 fully saturated rings. The van der Waals surface area contributed by atoms with E-state index in [4.69, 9.17) is 0 Å². The van der Waals surface area contributed by atoms with Gasteiger partial charge in [0.2, 0.25) is 0 Å². The zero-order valence-electron chi connectivity index (χ0n) is 13.4. The number of pyridine rings is 1. The van der Waals surface area contributed by atoms with Crippen LogP contribution in [-0.2, 0) is 6.54 Å². The van der Waals surface area contributed by atoms with Gasteiger partial charge in [-0.1, -0.05) is 35.9 Å². The molecule has 1 heterocycles. The van der Waals surface area contributed by atoms with Gasteiger partial charge in [-0.15, -0.1) is 0 Å². The molecular weight excluding hydrogens is 258 g/mol. The summed E-state index contributed by atoms with van der Waals surface area (Å²) in [7, 11) is 4.19. The second-order valence-electron chi connectivity index (χ2n) is 5.69. The predicted octanol–water partition coefficient (Wildman–Crippen LogP) is 3.17. The maximum Gasteiger partial charge on any atom is 0.0473 e. The Morgan fingerprint density at radius 3 is 2.48 bits per heavy atom. The van der Waals surface area contributed by atoms with Crippen LogP contribution in [0.1, 0.15) is 29.7 Å². The summed E-state index contributed by atoms with van der Waals surface area (Å²) >= 11 is 0. The minimum atomic E-state index is 0.312. The van der Waals surface area contributed by atoms with Crippen LogP contribution in [0.2, 0.25) is 0 Å². The van der Waals surface area contributed by atoms with Gasteiger partial charge in [0.25, 0.3) is 0 Å². The van der Waals surface area contributed by atoms with Crippen LogP contribution in [0.4, 0.5) is 0 Å². The average molecular weight is 283 g/mol. The molecule has 3 heteroatoms. The van der Waals surface area contributed by atoms with Crippen molar-refractivity contribution >= 4 is 0 Å². The smallest absolute Gasteiger partial charge is 0.0473 e. The molecule has 0 bridgehead atoms. The van der Waals surface area contributed by atoms with Gasteiger partial charge in [-0.05, 0) is 45.1 Å². The molecule has 0 aliphatic carbocycles. The van der Waals surface area contributed by atoms with Crippen LogP contribution in [0.5, 0.6) is 0 Å². The van der Waals surface area contributed by atoms with Gasteiger partial charge in [-0.3, -0.25) is 9.88 Å². The maximum absolute atomic E-state index is 4.19. The van der Waals surface area contributed by atoms with Crippen LogP contribution in [0.15, 0.2) is 48.8 Å². The standard InChI is InChI=1S/C18H25N3/c1-14-7-9-17(10-8-14)18(19-3)15(2)21(4)13-16-6-5-11-20-12-16/h5-12,15,18-19H,13H2,1-4H3. The summed E-state index contributed by atoms with van der Waals surface area (Å²) in [5.41, 5.74) is 3.87. The van der Waals surface area contributed by atoms with E-state index in [0.717, 1.165) is 6.54 Å². The first-order valence-corrected chi connectivity index (χ1v) is 7.45. The molecule has 0 aliphatic heterocycles. The van der Waals surface area contributed by atoms with Crippen molar-refractivity contribution in [3.63, 3.8) is 0 Å². The summed E-state index contributed by atoms with van der Waals surface area (Å²) in [6.07, 6.45) is 3.75. The van der Waals surface area contributed by atoms with Gasteiger partial charge in [0.05, 0.1) is 0 Å². The SMILES string of the molecule is CNC(c1ccc(C)cc1)C(C)N(C)Cc1cccnc1. The van der Waals surface area contributed by atoms with E-state index in [1.807, 2.05) is 25.5 Å². The minimum Gasteiger partial charge on any atom is -0.312 e. The predicted molar refractivity (Wildman–Crippen MR) is 88.1 cm³/mol. The van der Waals surface area contributed by atoms with Crippen molar-refractivity contribution in [2.45, 2.75) is 32.5 Å². The summed E-state index contributed by atoms with van der Waals surface area (Å²) < 4.78 is 0. The highest BCUT2D eigenvalue weighted by molar-refractivity contribution is 5.25. The zero-order chi connectivity index (χ0) is 15.2. The largest absolute Gasteiger partial charge is 0.312 e. The quantitative estimate of drug-likeness (QED) is 0.882. The van der Waals surface area contributed by atoms with E-state index in [1.54, 1.807) is 0 Å². The average Bonchev–Trinajstić information content (AvgIpc) is 2.50. The first-order valence-electron chi connectivity index (χ1n) is 7.45. The Morgan fingerprint density at radius 1 is 1.19 bits per heavy atom. The maximum atomic E-state index is 4.19. The number of benzene rings is 1. The monoisotopic (exact) mass is 283 g/mol. The Morgan fingerprint density at radius 2 is 1.90 bits per heavy atom. The molecule has 1 N–H and O–H groups in total. The molecule has 3 nitrogen and oxygen atoms in total. The number of nitrogens with zero attached hydrogens (tertiary/aromatic N) is 2. The van der Waals surface area contributed by atoms with Crippen molar-refractivity contribution in [1.29, 1.82) is 0 Å². The van der Waals surface area contributed by atoms with Crippen molar-refractivity contribution in [3.8, 4) is 0 Å². The van der Waals surface area contributed by atoms with Crippen molar-refractivity contribution in [2.24, 2.45) is 0 Å². The van der Waals surface area contributed by atoms with Crippen LogP contribution < -0.4 is 5.32 Å². The summed E-state index contributed by atoms with van der Waals surface area (Å²) in [5.74, 6) is 0. The molecule has 0 amide bonds. The lowest BCUT2D eigenvalue weighted by atomic mass is 9.98. The minimum absolute atomic E-state index is 0.312. The van der Waals surface area contributed by atoms with Crippen LogP contribution in [0.3, 0.4) is 0 Å². The van der Waals surface area contributed by atoms with Gasteiger partial charge in [0, 0.05) is 31.0 Å². The lowest BCUT2D eigenvalue weighted by Crippen LogP contribution is -2.39. The summed E-state index contributed by atoms with van der Waals surface area (Å²) in [6, 6.07) is 13.6. The van der Waals surface area contributed by atoms with Gasteiger partial charge >= 0.3 is 0 Å². The summed E-state index contributed by atoms with van der Waals surface area (Å²) in [4.78, 5) is 6.55. The van der Waals surface area contributed by atoms with Crippen LogP contribution in [0, 0.1) is 6.92 Å². The lowest BCUT2D eigenvalue weighted by molar-refractivity contribution is 0.204. The molecule has 2 unspecified atom stereocenters. The fraction of sp³-hybridized carbons (Fsp3) is 0.389. The molecule has 2 atom stereocenters. The van der Waals surface area contributed by atoms with E-state index in [9.17, 15) is 0 Å². The van der Waals surface area contributed by atoms with Crippen molar-refractivity contribution in [2.75, 3.05) is 14.1 Å². The molecule has 0 spiro atoms. The highest BCUT2D eigenvalue weighted by Gasteiger charge is 2.21. The molecule has 0 aliphatic rings. The number of hydrogen-bond donors (Lipinski definition) is 1. The molecule has 0 saturated carbocycles. The fourth-order valence-corrected chi connectivity index (χ4v) is 2.64. The Labute approximate surface area is 128 Å². The van der Waals surface area contributed by atoms with Crippen LogP contribution >= 0.6 is 0 Å². The normalized spacial score (nSPS) is 14.1. The van der Waals surface area contributed by atoms with Crippen molar-refractivity contribution in [3.05, 3.63) is 65.5 Å². The highest BCUT2D eigenvalue weighted by atomic mass is 15.2. The molecule has 0 radical (unpaired) electrons.